The molecule has 1 spiro atoms. The van der Waals surface area contributed by atoms with Crippen molar-refractivity contribution in [1.82, 2.24) is 15.1 Å². The number of Topliss-reactive ketones (excluding diaryl/α,β-unsaturated/α-hetero) is 1. The molecule has 0 radical (unpaired) electrons. The second-order valence-electron chi connectivity index (χ2n) is 8.70. The molecule has 0 aromatic carbocycles. The number of ether oxygens (including phenoxy) is 1. The van der Waals surface area contributed by atoms with Crippen LogP contribution in [0.2, 0.25) is 5.15 Å². The third-order valence-corrected chi connectivity index (χ3v) is 6.94. The highest BCUT2D eigenvalue weighted by molar-refractivity contribution is 6.29. The minimum absolute atomic E-state index is 0.103. The summed E-state index contributed by atoms with van der Waals surface area (Å²) in [6, 6.07) is 1.57. The van der Waals surface area contributed by atoms with Gasteiger partial charge in [-0.05, 0) is 44.9 Å². The van der Waals surface area contributed by atoms with Crippen molar-refractivity contribution in [2.24, 2.45) is 5.41 Å². The van der Waals surface area contributed by atoms with Gasteiger partial charge in [-0.15, -0.1) is 0 Å². The Morgan fingerprint density at radius 1 is 1.14 bits per heavy atom. The zero-order valence-corrected chi connectivity index (χ0v) is 17.0. The Hall–Kier alpha value is -1.99. The third-order valence-electron chi connectivity index (χ3n) is 6.75. The van der Waals surface area contributed by atoms with Crippen LogP contribution in [0.15, 0.2) is 10.6 Å². The number of halogens is 1. The Kier molecular flexibility index (Phi) is 4.62. The number of hydrogen-bond acceptors (Lipinski definition) is 7. The van der Waals surface area contributed by atoms with Crippen LogP contribution in [0.4, 0.5) is 0 Å². The van der Waals surface area contributed by atoms with Crippen LogP contribution >= 0.6 is 11.6 Å². The van der Waals surface area contributed by atoms with Gasteiger partial charge in [0.1, 0.15) is 10.9 Å². The summed E-state index contributed by atoms with van der Waals surface area (Å²) in [7, 11) is 0. The van der Waals surface area contributed by atoms with E-state index in [1.807, 2.05) is 0 Å². The van der Waals surface area contributed by atoms with Gasteiger partial charge < -0.3 is 14.4 Å². The lowest BCUT2D eigenvalue weighted by atomic mass is 9.64. The maximum atomic E-state index is 12.8. The number of aliphatic hydroxyl groups excluding tert-OH is 1. The van der Waals surface area contributed by atoms with Crippen molar-refractivity contribution in [1.29, 1.82) is 0 Å². The topological polar surface area (TPSA) is 98.3 Å². The normalized spacial score (nSPS) is 25.1. The lowest BCUT2D eigenvalue weighted by Crippen LogP contribution is -2.41. The van der Waals surface area contributed by atoms with Crippen LogP contribution < -0.4 is 4.74 Å². The SMILES string of the molecule is O=C1CCCC[C@@]12CCCc1c(-c3nc(Cl)cc(OCC4(CO)CC4)n3)noc12. The molecule has 5 rings (SSSR count). The van der Waals surface area contributed by atoms with E-state index in [0.29, 0.717) is 36.2 Å². The Bertz CT molecular complexity index is 955. The monoisotopic (exact) mass is 417 g/mol. The van der Waals surface area contributed by atoms with Crippen molar-refractivity contribution in [2.45, 2.75) is 63.2 Å². The van der Waals surface area contributed by atoms with Crippen molar-refractivity contribution >= 4 is 17.4 Å². The van der Waals surface area contributed by atoms with Gasteiger partial charge in [-0.25, -0.2) is 4.98 Å². The summed E-state index contributed by atoms with van der Waals surface area (Å²) < 4.78 is 11.6. The number of fused-ring (bicyclic) bond motifs is 2. The number of carbonyl (C=O) groups is 1. The third kappa shape index (κ3) is 3.24. The first kappa shape index (κ1) is 19.0. The van der Waals surface area contributed by atoms with Crippen LogP contribution in [-0.4, -0.2) is 39.2 Å². The van der Waals surface area contributed by atoms with Crippen LogP contribution in [0.1, 0.15) is 62.7 Å². The minimum atomic E-state index is -0.533. The quantitative estimate of drug-likeness (QED) is 0.741. The molecule has 2 saturated carbocycles. The summed E-state index contributed by atoms with van der Waals surface area (Å²) in [6.45, 7) is 0.496. The molecule has 0 saturated heterocycles. The van der Waals surface area contributed by atoms with Gasteiger partial charge >= 0.3 is 0 Å². The van der Waals surface area contributed by atoms with Crippen molar-refractivity contribution in [3.05, 3.63) is 22.5 Å². The highest BCUT2D eigenvalue weighted by Gasteiger charge is 2.48. The number of rotatable bonds is 5. The smallest absolute Gasteiger partial charge is 0.218 e. The van der Waals surface area contributed by atoms with Crippen LogP contribution in [0.3, 0.4) is 0 Å². The van der Waals surface area contributed by atoms with Crippen LogP contribution in [0.5, 0.6) is 5.88 Å². The summed E-state index contributed by atoms with van der Waals surface area (Å²) >= 11 is 6.22. The van der Waals surface area contributed by atoms with Crippen LogP contribution in [0.25, 0.3) is 11.5 Å². The number of aromatic nitrogens is 3. The van der Waals surface area contributed by atoms with Gasteiger partial charge in [0.2, 0.25) is 5.88 Å². The number of aliphatic hydroxyl groups is 1. The molecule has 154 valence electrons. The van der Waals surface area contributed by atoms with E-state index in [1.165, 1.54) is 0 Å². The summed E-state index contributed by atoms with van der Waals surface area (Å²) in [5.41, 5.74) is 0.786. The molecule has 0 bridgehead atoms. The Labute approximate surface area is 173 Å². The van der Waals surface area contributed by atoms with Crippen molar-refractivity contribution in [3.63, 3.8) is 0 Å². The molecule has 0 amide bonds. The minimum Gasteiger partial charge on any atom is -0.477 e. The first-order valence-electron chi connectivity index (χ1n) is 10.4. The van der Waals surface area contributed by atoms with Gasteiger partial charge in [0.05, 0.1) is 18.6 Å². The number of nitrogens with zero attached hydrogens (tertiary/aromatic N) is 3. The fourth-order valence-electron chi connectivity index (χ4n) is 4.70. The highest BCUT2D eigenvalue weighted by Crippen LogP contribution is 2.48. The van der Waals surface area contributed by atoms with E-state index < -0.39 is 5.41 Å². The second kappa shape index (κ2) is 7.06. The number of carbonyl (C=O) groups excluding carboxylic acids is 1. The molecule has 29 heavy (non-hydrogen) atoms. The standard InChI is InChI=1S/C21H24ClN3O4/c22-15-10-16(28-12-20(11-26)8-9-20)24-19(23-15)17-13-4-3-7-21(18(13)29-25-17)6-2-1-5-14(21)27/h10,26H,1-9,11-12H2/t21-/m1/s1. The molecule has 0 unspecified atom stereocenters. The Morgan fingerprint density at radius 2 is 1.97 bits per heavy atom. The molecule has 1 atom stereocenters. The van der Waals surface area contributed by atoms with Crippen LogP contribution in [0, 0.1) is 5.41 Å². The molecule has 7 nitrogen and oxygen atoms in total. The van der Waals surface area contributed by atoms with Gasteiger partial charge in [0.25, 0.3) is 0 Å². The summed E-state index contributed by atoms with van der Waals surface area (Å²) in [5.74, 6) is 1.68. The molecule has 3 aliphatic rings. The zero-order valence-electron chi connectivity index (χ0n) is 16.2. The molecule has 0 aliphatic heterocycles. The first-order valence-corrected chi connectivity index (χ1v) is 10.7. The number of hydrogen-bond donors (Lipinski definition) is 1. The van der Waals surface area contributed by atoms with E-state index >= 15 is 0 Å². The predicted octanol–water partition coefficient (Wildman–Crippen LogP) is 3.65. The molecular formula is C21H24ClN3O4. The Morgan fingerprint density at radius 3 is 2.72 bits per heavy atom. The second-order valence-corrected chi connectivity index (χ2v) is 9.09. The molecule has 8 heteroatoms. The van der Waals surface area contributed by atoms with E-state index in [-0.39, 0.29) is 23.0 Å². The fourth-order valence-corrected chi connectivity index (χ4v) is 4.87. The van der Waals surface area contributed by atoms with Gasteiger partial charge in [-0.2, -0.15) is 4.98 Å². The average Bonchev–Trinajstić information content (AvgIpc) is 3.38. The largest absolute Gasteiger partial charge is 0.477 e. The molecular weight excluding hydrogens is 394 g/mol. The molecule has 2 heterocycles. The summed E-state index contributed by atoms with van der Waals surface area (Å²) in [5, 5.41) is 14.0. The summed E-state index contributed by atoms with van der Waals surface area (Å²) in [4.78, 5) is 21.7. The van der Waals surface area contributed by atoms with Gasteiger partial charge in [0.15, 0.2) is 17.3 Å². The highest BCUT2D eigenvalue weighted by atomic mass is 35.5. The van der Waals surface area contributed by atoms with Crippen molar-refractivity contribution in [2.75, 3.05) is 13.2 Å². The Balaban J connectivity index is 1.48. The molecule has 2 aromatic rings. The van der Waals surface area contributed by atoms with E-state index in [4.69, 9.17) is 20.9 Å². The maximum Gasteiger partial charge on any atom is 0.218 e. The maximum absolute atomic E-state index is 12.8. The van der Waals surface area contributed by atoms with Gasteiger partial charge in [-0.1, -0.05) is 23.2 Å². The van der Waals surface area contributed by atoms with E-state index in [1.54, 1.807) is 6.07 Å². The fraction of sp³-hybridized carbons (Fsp3) is 0.619. The van der Waals surface area contributed by atoms with E-state index in [0.717, 1.165) is 56.9 Å². The molecule has 2 aromatic heterocycles. The van der Waals surface area contributed by atoms with Gasteiger partial charge in [0, 0.05) is 23.5 Å². The lowest BCUT2D eigenvalue weighted by Gasteiger charge is -2.36. The molecule has 2 fully saturated rings. The van der Waals surface area contributed by atoms with Gasteiger partial charge in [-0.3, -0.25) is 4.79 Å². The zero-order chi connectivity index (χ0) is 20.1. The van der Waals surface area contributed by atoms with E-state index in [9.17, 15) is 9.90 Å². The molecule has 3 aliphatic carbocycles. The van der Waals surface area contributed by atoms with E-state index in [2.05, 4.69) is 15.1 Å². The lowest BCUT2D eigenvalue weighted by molar-refractivity contribution is -0.128. The average molecular weight is 418 g/mol. The van der Waals surface area contributed by atoms with Crippen LogP contribution in [-0.2, 0) is 16.6 Å². The van der Waals surface area contributed by atoms with Crippen molar-refractivity contribution in [3.8, 4) is 17.4 Å². The van der Waals surface area contributed by atoms with Crippen molar-refractivity contribution < 1.29 is 19.2 Å². The predicted molar refractivity (Wildman–Crippen MR) is 105 cm³/mol. The first-order chi connectivity index (χ1) is 14.1. The summed E-state index contributed by atoms with van der Waals surface area (Å²) in [6.07, 6.45) is 7.81. The molecule has 1 N–H and O–H groups in total. The number of ketones is 1.